The molecule has 1 aliphatic carbocycles. The van der Waals surface area contributed by atoms with Crippen molar-refractivity contribution in [3.8, 4) is 17.2 Å². The van der Waals surface area contributed by atoms with Gasteiger partial charge in [0.05, 0.1) is 27.5 Å². The topological polar surface area (TPSA) is 43.9 Å². The number of para-hydroxylation sites is 2. The van der Waals surface area contributed by atoms with Gasteiger partial charge in [-0.15, -0.1) is 0 Å². The fourth-order valence-electron chi connectivity index (χ4n) is 9.28. The minimum absolute atomic E-state index is 0.532. The molecule has 0 aliphatic heterocycles. The second-order valence-corrected chi connectivity index (χ2v) is 14.4. The average Bonchev–Trinajstić information content (AvgIpc) is 3.89. The van der Waals surface area contributed by atoms with Gasteiger partial charge < -0.3 is 4.42 Å². The van der Waals surface area contributed by atoms with Crippen LogP contribution in [0.15, 0.2) is 187 Å². The summed E-state index contributed by atoms with van der Waals surface area (Å²) in [5, 5.41) is 6.30. The Morgan fingerprint density at radius 1 is 0.667 bits per heavy atom. The van der Waals surface area contributed by atoms with Gasteiger partial charge in [0, 0.05) is 21.7 Å². The smallest absolute Gasteiger partial charge is 0.238 e. The summed E-state index contributed by atoms with van der Waals surface area (Å²) in [4.78, 5) is 10.9. The predicted molar refractivity (Wildman–Crippen MR) is 238 cm³/mol. The molecule has 0 radical (unpaired) electrons. The summed E-state index contributed by atoms with van der Waals surface area (Å²) in [6.07, 6.45) is 12.4. The van der Waals surface area contributed by atoms with Gasteiger partial charge in [-0.25, -0.2) is 4.98 Å². The van der Waals surface area contributed by atoms with Crippen molar-refractivity contribution in [2.45, 2.75) is 19.3 Å². The first kappa shape index (κ1) is 34.2. The molecule has 0 saturated carbocycles. The first-order chi connectivity index (χ1) is 28.1. The van der Waals surface area contributed by atoms with E-state index in [4.69, 9.17) is 14.4 Å². The van der Waals surface area contributed by atoms with Gasteiger partial charge in [-0.05, 0) is 82.0 Å². The number of allylic oxidation sites excluding steroid dienone is 6. The minimum atomic E-state index is -0.615. The molecule has 272 valence electrons. The standard InChI is InChI=1S/C53H39N3O/c1-5-20-35-33-46-42(32-34(35)7-3)39-26-15-17-30-45(39)56(46)52-54-50(49-40-27-16-18-31-47(40)57-51(49)55-52)41-28-19-29-44-48(41)38(8-4)43(21-6-2)53(44,36-22-11-9-12-23-36)37-24-13-10-14-25-37/h5-33H,1,4H2,2-3H3/b21-6-,34-7-,35-20-. The highest BCUT2D eigenvalue weighted by molar-refractivity contribution is 6.13. The maximum Gasteiger partial charge on any atom is 0.238 e. The highest BCUT2D eigenvalue weighted by Gasteiger charge is 2.47. The van der Waals surface area contributed by atoms with Crippen LogP contribution in [0.1, 0.15) is 36.1 Å². The summed E-state index contributed by atoms with van der Waals surface area (Å²) in [5.74, 6) is 0.534. The molecule has 57 heavy (non-hydrogen) atoms. The molecule has 9 aromatic rings. The molecule has 3 aromatic heterocycles. The van der Waals surface area contributed by atoms with Gasteiger partial charge in [0.25, 0.3) is 0 Å². The SMILES string of the molecule is C=C/C=c1/cc2c(c/c1=C/C)c1ccccc1n2-c1nc(-c2cccc3c2C(C=C)=C(/C=C\C)C3(c2ccccc2)c2ccccc2)c2c(n1)oc1ccccc12. The fourth-order valence-corrected chi connectivity index (χ4v) is 9.28. The van der Waals surface area contributed by atoms with Crippen molar-refractivity contribution in [1.29, 1.82) is 0 Å². The average molecular weight is 734 g/mol. The summed E-state index contributed by atoms with van der Waals surface area (Å²) in [7, 11) is 0. The largest absolute Gasteiger partial charge is 0.437 e. The quantitative estimate of drug-likeness (QED) is 0.164. The van der Waals surface area contributed by atoms with E-state index >= 15 is 0 Å². The van der Waals surface area contributed by atoms with Crippen molar-refractivity contribution in [2.75, 3.05) is 0 Å². The molecule has 4 nitrogen and oxygen atoms in total. The zero-order valence-electron chi connectivity index (χ0n) is 31.9. The molecule has 0 fully saturated rings. The van der Waals surface area contributed by atoms with Crippen LogP contribution in [0, 0.1) is 0 Å². The number of rotatable bonds is 7. The molecule has 0 spiro atoms. The van der Waals surface area contributed by atoms with Crippen LogP contribution in [0.3, 0.4) is 0 Å². The van der Waals surface area contributed by atoms with E-state index in [2.05, 4.69) is 177 Å². The molecule has 0 amide bonds. The third kappa shape index (κ3) is 4.94. The zero-order chi connectivity index (χ0) is 38.7. The van der Waals surface area contributed by atoms with Crippen molar-refractivity contribution in [3.63, 3.8) is 0 Å². The van der Waals surface area contributed by atoms with Gasteiger partial charge in [0.1, 0.15) is 5.58 Å². The van der Waals surface area contributed by atoms with Gasteiger partial charge in [0.15, 0.2) is 0 Å². The number of fused-ring (bicyclic) bond motifs is 7. The van der Waals surface area contributed by atoms with E-state index in [0.29, 0.717) is 11.7 Å². The summed E-state index contributed by atoms with van der Waals surface area (Å²) < 4.78 is 8.83. The molecule has 10 rings (SSSR count). The van der Waals surface area contributed by atoms with Crippen LogP contribution < -0.4 is 10.4 Å². The van der Waals surface area contributed by atoms with E-state index < -0.39 is 5.41 Å². The van der Waals surface area contributed by atoms with Crippen molar-refractivity contribution in [3.05, 3.63) is 215 Å². The fraction of sp³-hybridized carbons (Fsp3) is 0.0566. The lowest BCUT2D eigenvalue weighted by Crippen LogP contribution is -2.29. The van der Waals surface area contributed by atoms with E-state index in [1.807, 2.05) is 30.4 Å². The summed E-state index contributed by atoms with van der Waals surface area (Å²) in [6, 6.07) is 49.4. The van der Waals surface area contributed by atoms with Crippen LogP contribution >= 0.6 is 0 Å². The summed E-state index contributed by atoms with van der Waals surface area (Å²) >= 11 is 0. The highest BCUT2D eigenvalue weighted by Crippen LogP contribution is 2.57. The van der Waals surface area contributed by atoms with E-state index in [0.717, 1.165) is 71.0 Å². The number of benzene rings is 6. The lowest BCUT2D eigenvalue weighted by Gasteiger charge is -2.35. The molecular formula is C53H39N3O. The Morgan fingerprint density at radius 2 is 1.37 bits per heavy atom. The van der Waals surface area contributed by atoms with Crippen LogP contribution in [0.2, 0.25) is 0 Å². The van der Waals surface area contributed by atoms with Crippen LogP contribution in [0.25, 0.3) is 78.8 Å². The van der Waals surface area contributed by atoms with Gasteiger partial charge >= 0.3 is 0 Å². The van der Waals surface area contributed by atoms with Crippen molar-refractivity contribution in [1.82, 2.24) is 14.5 Å². The first-order valence-electron chi connectivity index (χ1n) is 19.4. The first-order valence-corrected chi connectivity index (χ1v) is 19.4. The second kappa shape index (κ2) is 13.5. The van der Waals surface area contributed by atoms with Gasteiger partial charge in [-0.2, -0.15) is 4.98 Å². The maximum atomic E-state index is 6.66. The summed E-state index contributed by atoms with van der Waals surface area (Å²) in [5.41, 5.74) is 11.4. The molecule has 3 heterocycles. The Bertz CT molecular complexity index is 3250. The van der Waals surface area contributed by atoms with Crippen LogP contribution in [-0.4, -0.2) is 14.5 Å². The van der Waals surface area contributed by atoms with E-state index in [1.54, 1.807) is 0 Å². The van der Waals surface area contributed by atoms with E-state index in [1.165, 1.54) is 22.3 Å². The molecule has 4 heteroatoms. The second-order valence-electron chi connectivity index (χ2n) is 14.4. The Hall–Kier alpha value is -7.30. The molecular weight excluding hydrogens is 695 g/mol. The maximum absolute atomic E-state index is 6.66. The number of hydrogen-bond acceptors (Lipinski definition) is 3. The lowest BCUT2D eigenvalue weighted by atomic mass is 9.66. The number of furan rings is 1. The summed E-state index contributed by atoms with van der Waals surface area (Å²) in [6.45, 7) is 12.6. The highest BCUT2D eigenvalue weighted by atomic mass is 16.3. The van der Waals surface area contributed by atoms with E-state index in [9.17, 15) is 0 Å². The van der Waals surface area contributed by atoms with Crippen molar-refractivity contribution in [2.24, 2.45) is 0 Å². The van der Waals surface area contributed by atoms with Gasteiger partial charge in [0.2, 0.25) is 11.7 Å². The third-order valence-electron chi connectivity index (χ3n) is 11.6. The minimum Gasteiger partial charge on any atom is -0.437 e. The molecule has 1 aliphatic rings. The number of aromatic nitrogens is 3. The van der Waals surface area contributed by atoms with Crippen LogP contribution in [-0.2, 0) is 5.41 Å². The molecule has 0 N–H and O–H groups in total. The zero-order valence-corrected chi connectivity index (χ0v) is 31.9. The molecule has 6 aromatic carbocycles. The number of nitrogens with zero attached hydrogens (tertiary/aromatic N) is 3. The predicted octanol–water partition coefficient (Wildman–Crippen LogP) is 11.8. The normalized spacial score (nSPS) is 14.5. The van der Waals surface area contributed by atoms with E-state index in [-0.39, 0.29) is 0 Å². The van der Waals surface area contributed by atoms with Crippen LogP contribution in [0.4, 0.5) is 0 Å². The lowest BCUT2D eigenvalue weighted by molar-refractivity contribution is 0.651. The Labute approximate surface area is 331 Å². The third-order valence-corrected chi connectivity index (χ3v) is 11.6. The molecule has 0 saturated heterocycles. The molecule has 0 bridgehead atoms. The Kier molecular flexibility index (Phi) is 8.08. The monoisotopic (exact) mass is 733 g/mol. The van der Waals surface area contributed by atoms with Crippen LogP contribution in [0.5, 0.6) is 0 Å². The van der Waals surface area contributed by atoms with Gasteiger partial charge in [-0.3, -0.25) is 4.57 Å². The number of hydrogen-bond donors (Lipinski definition) is 0. The van der Waals surface area contributed by atoms with Crippen molar-refractivity contribution < 1.29 is 4.42 Å². The Balaban J connectivity index is 1.37. The molecule has 0 atom stereocenters. The Morgan fingerprint density at radius 3 is 2.07 bits per heavy atom. The van der Waals surface area contributed by atoms with Crippen molar-refractivity contribution >= 4 is 61.6 Å². The molecule has 0 unspecified atom stereocenters. The van der Waals surface area contributed by atoms with Gasteiger partial charge in [-0.1, -0.05) is 165 Å².